The van der Waals surface area contributed by atoms with E-state index in [1.54, 1.807) is 24.8 Å². The molecule has 3 aromatic rings. The summed E-state index contributed by atoms with van der Waals surface area (Å²) < 4.78 is 12.2. The second kappa shape index (κ2) is 6.37. The number of aldehydes is 1. The summed E-state index contributed by atoms with van der Waals surface area (Å²) in [6, 6.07) is 5.46. The Morgan fingerprint density at radius 1 is 1.26 bits per heavy atom. The number of imidazole rings is 1. The molecule has 23 heavy (non-hydrogen) atoms. The van der Waals surface area contributed by atoms with Crippen molar-refractivity contribution in [2.75, 3.05) is 14.2 Å². The molecular formula is C16H17N3O3S. The SMILES string of the molecule is CCCc1nn2c(C=O)c(-c3ccc(OC)c(OC)c3)nc2s1. The van der Waals surface area contributed by atoms with Gasteiger partial charge in [0, 0.05) is 12.0 Å². The van der Waals surface area contributed by atoms with Crippen molar-refractivity contribution in [1.82, 2.24) is 14.6 Å². The molecular weight excluding hydrogens is 314 g/mol. The average molecular weight is 331 g/mol. The first kappa shape index (κ1) is 15.5. The molecule has 2 heterocycles. The number of hydrogen-bond donors (Lipinski definition) is 0. The van der Waals surface area contributed by atoms with E-state index < -0.39 is 0 Å². The fourth-order valence-corrected chi connectivity index (χ4v) is 3.42. The minimum Gasteiger partial charge on any atom is -0.493 e. The van der Waals surface area contributed by atoms with Crippen molar-refractivity contribution in [1.29, 1.82) is 0 Å². The van der Waals surface area contributed by atoms with Gasteiger partial charge in [-0.2, -0.15) is 9.61 Å². The van der Waals surface area contributed by atoms with Gasteiger partial charge in [0.1, 0.15) is 16.4 Å². The molecule has 0 unspecified atom stereocenters. The van der Waals surface area contributed by atoms with E-state index in [1.807, 2.05) is 12.1 Å². The summed E-state index contributed by atoms with van der Waals surface area (Å²) in [6.45, 7) is 2.10. The van der Waals surface area contributed by atoms with Gasteiger partial charge in [0.25, 0.3) is 0 Å². The molecule has 0 bridgehead atoms. The maximum Gasteiger partial charge on any atom is 0.213 e. The number of rotatable bonds is 6. The second-order valence-corrected chi connectivity index (χ2v) is 6.01. The normalized spacial score (nSPS) is 10.9. The number of nitrogens with zero attached hydrogens (tertiary/aromatic N) is 3. The largest absolute Gasteiger partial charge is 0.493 e. The summed E-state index contributed by atoms with van der Waals surface area (Å²) in [5.41, 5.74) is 1.84. The molecule has 6 nitrogen and oxygen atoms in total. The van der Waals surface area contributed by atoms with Gasteiger partial charge < -0.3 is 9.47 Å². The Labute approximate surface area is 137 Å². The van der Waals surface area contributed by atoms with E-state index in [1.165, 1.54) is 11.3 Å². The Kier molecular flexibility index (Phi) is 4.29. The van der Waals surface area contributed by atoms with Gasteiger partial charge in [-0.1, -0.05) is 18.3 Å². The quantitative estimate of drug-likeness (QED) is 0.649. The van der Waals surface area contributed by atoms with Crippen LogP contribution in [0, 0.1) is 0 Å². The zero-order valence-electron chi connectivity index (χ0n) is 13.2. The molecule has 3 rings (SSSR count). The minimum atomic E-state index is 0.450. The lowest BCUT2D eigenvalue weighted by Crippen LogP contribution is -1.96. The molecule has 0 saturated heterocycles. The van der Waals surface area contributed by atoms with E-state index in [0.29, 0.717) is 22.9 Å². The van der Waals surface area contributed by atoms with Crippen LogP contribution in [0.1, 0.15) is 28.8 Å². The highest BCUT2D eigenvalue weighted by atomic mass is 32.1. The maximum absolute atomic E-state index is 11.6. The Bertz CT molecular complexity index is 854. The summed E-state index contributed by atoms with van der Waals surface area (Å²) in [7, 11) is 3.16. The summed E-state index contributed by atoms with van der Waals surface area (Å²) in [4.78, 5) is 16.9. The lowest BCUT2D eigenvalue weighted by Gasteiger charge is -2.08. The van der Waals surface area contributed by atoms with Crippen molar-refractivity contribution in [2.45, 2.75) is 19.8 Å². The van der Waals surface area contributed by atoms with Crippen LogP contribution >= 0.6 is 11.3 Å². The monoisotopic (exact) mass is 331 g/mol. The zero-order chi connectivity index (χ0) is 16.4. The van der Waals surface area contributed by atoms with E-state index >= 15 is 0 Å². The highest BCUT2D eigenvalue weighted by molar-refractivity contribution is 7.16. The summed E-state index contributed by atoms with van der Waals surface area (Å²) in [6.07, 6.45) is 2.69. The summed E-state index contributed by atoms with van der Waals surface area (Å²) in [5.74, 6) is 1.23. The Morgan fingerprint density at radius 3 is 2.70 bits per heavy atom. The molecule has 120 valence electrons. The van der Waals surface area contributed by atoms with Crippen molar-refractivity contribution in [3.05, 3.63) is 28.9 Å². The van der Waals surface area contributed by atoms with Crippen LogP contribution in [-0.4, -0.2) is 35.1 Å². The number of carbonyl (C=O) groups is 1. The number of aryl methyl sites for hydroxylation is 1. The van der Waals surface area contributed by atoms with E-state index in [2.05, 4.69) is 17.0 Å². The number of hydrogen-bond acceptors (Lipinski definition) is 6. The summed E-state index contributed by atoms with van der Waals surface area (Å²) in [5, 5.41) is 5.46. The number of aromatic nitrogens is 3. The molecule has 0 atom stereocenters. The van der Waals surface area contributed by atoms with Gasteiger partial charge in [0.05, 0.1) is 14.2 Å². The Morgan fingerprint density at radius 2 is 2.04 bits per heavy atom. The van der Waals surface area contributed by atoms with Crippen LogP contribution in [-0.2, 0) is 6.42 Å². The van der Waals surface area contributed by atoms with Crippen LogP contribution in [0.15, 0.2) is 18.2 Å². The fourth-order valence-electron chi connectivity index (χ4n) is 2.42. The topological polar surface area (TPSA) is 65.7 Å². The predicted molar refractivity (Wildman–Crippen MR) is 88.8 cm³/mol. The Balaban J connectivity index is 2.12. The lowest BCUT2D eigenvalue weighted by molar-refractivity contribution is 0.111. The number of benzene rings is 1. The first-order valence-corrected chi connectivity index (χ1v) is 8.09. The predicted octanol–water partition coefficient (Wildman–Crippen LogP) is 3.24. The second-order valence-electron chi connectivity index (χ2n) is 4.97. The summed E-state index contributed by atoms with van der Waals surface area (Å²) >= 11 is 1.51. The maximum atomic E-state index is 11.6. The smallest absolute Gasteiger partial charge is 0.213 e. The molecule has 0 amide bonds. The van der Waals surface area contributed by atoms with Gasteiger partial charge in [-0.25, -0.2) is 4.98 Å². The van der Waals surface area contributed by atoms with Gasteiger partial charge in [-0.15, -0.1) is 0 Å². The first-order valence-electron chi connectivity index (χ1n) is 7.27. The van der Waals surface area contributed by atoms with E-state index in [-0.39, 0.29) is 0 Å². The molecule has 0 aliphatic heterocycles. The van der Waals surface area contributed by atoms with Crippen LogP contribution in [0.25, 0.3) is 16.2 Å². The van der Waals surface area contributed by atoms with Gasteiger partial charge in [-0.05, 0) is 24.6 Å². The third kappa shape index (κ3) is 2.68. The molecule has 0 aliphatic rings. The van der Waals surface area contributed by atoms with E-state index in [0.717, 1.165) is 34.7 Å². The molecule has 0 fully saturated rings. The fraction of sp³-hybridized carbons (Fsp3) is 0.312. The van der Waals surface area contributed by atoms with E-state index in [9.17, 15) is 4.79 Å². The number of fused-ring (bicyclic) bond motifs is 1. The molecule has 0 saturated carbocycles. The molecule has 2 aromatic heterocycles. The molecule has 0 aliphatic carbocycles. The highest BCUT2D eigenvalue weighted by Gasteiger charge is 2.18. The van der Waals surface area contributed by atoms with Crippen molar-refractivity contribution in [3.63, 3.8) is 0 Å². The van der Waals surface area contributed by atoms with Gasteiger partial charge in [-0.3, -0.25) is 4.79 Å². The van der Waals surface area contributed by atoms with Crippen molar-refractivity contribution < 1.29 is 14.3 Å². The van der Waals surface area contributed by atoms with Gasteiger partial charge in [0.2, 0.25) is 4.96 Å². The van der Waals surface area contributed by atoms with Crippen LogP contribution in [0.5, 0.6) is 11.5 Å². The van der Waals surface area contributed by atoms with Crippen LogP contribution in [0.3, 0.4) is 0 Å². The lowest BCUT2D eigenvalue weighted by atomic mass is 10.1. The standard InChI is InChI=1S/C16H17N3O3S/c1-4-5-14-18-19-11(9-20)15(17-16(19)23-14)10-6-7-12(21-2)13(8-10)22-3/h6-9H,4-5H2,1-3H3. The average Bonchev–Trinajstić information content (AvgIpc) is 3.11. The molecule has 1 aromatic carbocycles. The van der Waals surface area contributed by atoms with Gasteiger partial charge in [0.15, 0.2) is 17.8 Å². The van der Waals surface area contributed by atoms with Crippen molar-refractivity contribution >= 4 is 22.6 Å². The number of ether oxygens (including phenoxy) is 2. The molecule has 0 spiro atoms. The van der Waals surface area contributed by atoms with Crippen LogP contribution in [0.4, 0.5) is 0 Å². The van der Waals surface area contributed by atoms with Crippen molar-refractivity contribution in [2.24, 2.45) is 0 Å². The number of carbonyl (C=O) groups excluding carboxylic acids is 1. The van der Waals surface area contributed by atoms with E-state index in [4.69, 9.17) is 9.47 Å². The number of methoxy groups -OCH3 is 2. The van der Waals surface area contributed by atoms with Crippen LogP contribution in [0.2, 0.25) is 0 Å². The third-order valence-electron chi connectivity index (χ3n) is 3.51. The zero-order valence-corrected chi connectivity index (χ0v) is 14.0. The highest BCUT2D eigenvalue weighted by Crippen LogP contribution is 2.34. The molecule has 0 radical (unpaired) electrons. The molecule has 0 N–H and O–H groups in total. The Hall–Kier alpha value is -2.41. The third-order valence-corrected chi connectivity index (χ3v) is 4.48. The minimum absolute atomic E-state index is 0.450. The first-order chi connectivity index (χ1) is 11.2. The molecule has 7 heteroatoms. The van der Waals surface area contributed by atoms with Crippen LogP contribution < -0.4 is 9.47 Å². The van der Waals surface area contributed by atoms with Gasteiger partial charge >= 0.3 is 0 Å². The van der Waals surface area contributed by atoms with Crippen molar-refractivity contribution in [3.8, 4) is 22.8 Å².